The molecule has 0 bridgehead atoms. The van der Waals surface area contributed by atoms with Crippen molar-refractivity contribution in [3.8, 4) is 0 Å². The number of pyridine rings is 2. The highest BCUT2D eigenvalue weighted by molar-refractivity contribution is 6.03. The lowest BCUT2D eigenvalue weighted by Crippen LogP contribution is -2.43. The lowest BCUT2D eigenvalue weighted by atomic mass is 9.97. The van der Waals surface area contributed by atoms with Gasteiger partial charge < -0.3 is 45.4 Å². The number of allylic oxidation sites excluding steroid dienone is 2. The van der Waals surface area contributed by atoms with Gasteiger partial charge in [0, 0.05) is 62.3 Å². The molecule has 4 heterocycles. The van der Waals surface area contributed by atoms with E-state index in [0.717, 1.165) is 16.7 Å². The SMILES string of the molecule is C/C=C/[C@H](CCC(N)=O)NC(=O)[C@H](Cc1ccccc1)n1ccc(C)c(NC(=O)c2cc(C)on2)c1=O.C/C=C/[C@H](C[C@@H]1CCNC1=O)NC(=O)[C@H](Cc1ccccc1)n1cccc(NC(=O)OCc2ccccc2)c1=O. The lowest BCUT2D eigenvalue weighted by molar-refractivity contribution is -0.126. The molecule has 0 radical (unpaired) electrons. The topological polar surface area (TPSA) is 268 Å². The Morgan fingerprint density at radius 1 is 0.740 bits per heavy atom. The molecule has 3 aromatic heterocycles. The summed E-state index contributed by atoms with van der Waals surface area (Å²) < 4.78 is 12.8. The maximum atomic E-state index is 13.7. The molecule has 1 saturated heterocycles. The lowest BCUT2D eigenvalue weighted by Gasteiger charge is -2.24. The van der Waals surface area contributed by atoms with Gasteiger partial charge in [-0.3, -0.25) is 38.9 Å². The molecule has 0 unspecified atom stereocenters. The highest BCUT2D eigenvalue weighted by Gasteiger charge is 2.30. The number of anilines is 2. The fourth-order valence-corrected chi connectivity index (χ4v) is 8.62. The number of aromatic nitrogens is 3. The molecule has 5 atom stereocenters. The summed E-state index contributed by atoms with van der Waals surface area (Å²) in [6.07, 6.45) is 11.6. The number of primary amides is 1. The zero-order valence-corrected chi connectivity index (χ0v) is 43.5. The second-order valence-electron chi connectivity index (χ2n) is 18.4. The molecule has 77 heavy (non-hydrogen) atoms. The quantitative estimate of drug-likeness (QED) is 0.0386. The Kier molecular flexibility index (Phi) is 21.2. The second kappa shape index (κ2) is 28.5. The van der Waals surface area contributed by atoms with E-state index in [-0.39, 0.29) is 66.7 Å². The third-order valence-electron chi connectivity index (χ3n) is 12.6. The number of rotatable bonds is 22. The first-order valence-corrected chi connectivity index (χ1v) is 25.3. The van der Waals surface area contributed by atoms with Crippen molar-refractivity contribution in [2.24, 2.45) is 11.7 Å². The van der Waals surface area contributed by atoms with Crippen LogP contribution in [0.15, 0.2) is 166 Å². The average molecular weight is 1050 g/mol. The zero-order chi connectivity index (χ0) is 55.3. The second-order valence-corrected chi connectivity index (χ2v) is 18.4. The maximum absolute atomic E-state index is 13.7. The summed E-state index contributed by atoms with van der Waals surface area (Å²) in [7, 11) is 0. The van der Waals surface area contributed by atoms with Gasteiger partial charge in [0.05, 0.1) is 0 Å². The third kappa shape index (κ3) is 16.9. The van der Waals surface area contributed by atoms with E-state index in [9.17, 15) is 38.4 Å². The van der Waals surface area contributed by atoms with Gasteiger partial charge in [-0.1, -0.05) is 120 Å². The van der Waals surface area contributed by atoms with Crippen molar-refractivity contribution in [2.45, 2.75) is 97.0 Å². The summed E-state index contributed by atoms with van der Waals surface area (Å²) in [6.45, 7) is 7.68. The van der Waals surface area contributed by atoms with Gasteiger partial charge >= 0.3 is 6.09 Å². The molecular formula is C58H65N9O10. The summed E-state index contributed by atoms with van der Waals surface area (Å²) in [4.78, 5) is 103. The molecule has 0 aliphatic carbocycles. The summed E-state index contributed by atoms with van der Waals surface area (Å²) >= 11 is 0. The van der Waals surface area contributed by atoms with Crippen LogP contribution in [0.4, 0.5) is 16.2 Å². The molecule has 1 aliphatic heterocycles. The molecule has 19 heteroatoms. The van der Waals surface area contributed by atoms with Crippen LogP contribution in [-0.4, -0.2) is 68.5 Å². The molecule has 19 nitrogen and oxygen atoms in total. The molecular weight excluding hydrogens is 983 g/mol. The van der Waals surface area contributed by atoms with E-state index in [4.69, 9.17) is 15.0 Å². The van der Waals surface area contributed by atoms with E-state index < -0.39 is 53.1 Å². The fraction of sp³-hybridized carbons (Fsp3) is 0.293. The van der Waals surface area contributed by atoms with Gasteiger partial charge in [0.2, 0.25) is 23.6 Å². The van der Waals surface area contributed by atoms with Crippen LogP contribution >= 0.6 is 0 Å². The number of hydrogen-bond acceptors (Lipinski definition) is 11. The summed E-state index contributed by atoms with van der Waals surface area (Å²) in [5.74, 6) is -1.59. The van der Waals surface area contributed by atoms with Crippen LogP contribution in [0.3, 0.4) is 0 Å². The highest BCUT2D eigenvalue weighted by Crippen LogP contribution is 2.21. The molecule has 402 valence electrons. The van der Waals surface area contributed by atoms with E-state index in [1.807, 2.05) is 110 Å². The van der Waals surface area contributed by atoms with Crippen LogP contribution in [0.5, 0.6) is 0 Å². The van der Waals surface area contributed by atoms with Crippen molar-refractivity contribution in [3.05, 3.63) is 206 Å². The minimum absolute atomic E-state index is 0.000876. The van der Waals surface area contributed by atoms with Crippen molar-refractivity contribution in [3.63, 3.8) is 0 Å². The Morgan fingerprint density at radius 3 is 1.86 bits per heavy atom. The third-order valence-corrected chi connectivity index (χ3v) is 12.6. The van der Waals surface area contributed by atoms with E-state index in [1.165, 1.54) is 33.7 Å². The first-order valence-electron chi connectivity index (χ1n) is 25.3. The molecule has 1 aliphatic rings. The van der Waals surface area contributed by atoms with Crippen LogP contribution in [0.2, 0.25) is 0 Å². The van der Waals surface area contributed by atoms with Crippen LogP contribution in [0, 0.1) is 19.8 Å². The largest absolute Gasteiger partial charge is 0.444 e. The van der Waals surface area contributed by atoms with Gasteiger partial charge in [0.25, 0.3) is 17.0 Å². The van der Waals surface area contributed by atoms with E-state index in [1.54, 1.807) is 45.1 Å². The molecule has 0 saturated carbocycles. The maximum Gasteiger partial charge on any atom is 0.412 e. The number of nitrogens with zero attached hydrogens (tertiary/aromatic N) is 3. The van der Waals surface area contributed by atoms with Gasteiger partial charge in [-0.25, -0.2) is 4.79 Å². The number of carbonyl (C=O) groups excluding carboxylic acids is 6. The number of hydrogen-bond donors (Lipinski definition) is 6. The predicted octanol–water partition coefficient (Wildman–Crippen LogP) is 6.78. The normalized spacial score (nSPS) is 14.5. The summed E-state index contributed by atoms with van der Waals surface area (Å²) in [6, 6.07) is 31.4. The van der Waals surface area contributed by atoms with E-state index >= 15 is 0 Å². The Labute approximate surface area is 446 Å². The average Bonchev–Trinajstić information content (AvgIpc) is 4.05. The zero-order valence-electron chi connectivity index (χ0n) is 43.5. The van der Waals surface area contributed by atoms with Crippen LogP contribution in [0.25, 0.3) is 0 Å². The van der Waals surface area contributed by atoms with E-state index in [0.29, 0.717) is 37.1 Å². The number of ether oxygens (including phenoxy) is 1. The van der Waals surface area contributed by atoms with Crippen molar-refractivity contribution in [1.29, 1.82) is 0 Å². The van der Waals surface area contributed by atoms with E-state index in [2.05, 4.69) is 31.7 Å². The highest BCUT2D eigenvalue weighted by atomic mass is 16.5. The molecule has 6 aromatic rings. The first-order chi connectivity index (χ1) is 37.1. The van der Waals surface area contributed by atoms with Crippen molar-refractivity contribution >= 4 is 47.0 Å². The number of benzene rings is 3. The number of carbonyl (C=O) groups is 6. The van der Waals surface area contributed by atoms with Crippen molar-refractivity contribution in [2.75, 3.05) is 17.2 Å². The minimum atomic E-state index is -0.929. The Hall–Kier alpha value is -9.13. The smallest absolute Gasteiger partial charge is 0.412 e. The van der Waals surface area contributed by atoms with Gasteiger partial charge in [0.1, 0.15) is 35.8 Å². The summed E-state index contributed by atoms with van der Waals surface area (Å²) in [5, 5.41) is 17.6. The van der Waals surface area contributed by atoms with Gasteiger partial charge in [-0.05, 0) is 87.4 Å². The van der Waals surface area contributed by atoms with Gasteiger partial charge in [-0.2, -0.15) is 0 Å². The van der Waals surface area contributed by atoms with Crippen molar-refractivity contribution < 1.29 is 38.0 Å². The van der Waals surface area contributed by atoms with Gasteiger partial charge in [-0.15, -0.1) is 0 Å². The molecule has 7 rings (SSSR count). The predicted molar refractivity (Wildman–Crippen MR) is 292 cm³/mol. The van der Waals surface area contributed by atoms with Crippen LogP contribution < -0.4 is 43.4 Å². The van der Waals surface area contributed by atoms with Gasteiger partial charge in [0.15, 0.2) is 5.69 Å². The molecule has 3 aromatic carbocycles. The minimum Gasteiger partial charge on any atom is -0.444 e. The molecule has 0 spiro atoms. The van der Waals surface area contributed by atoms with Crippen molar-refractivity contribution in [1.82, 2.24) is 30.2 Å². The number of nitrogens with one attached hydrogen (secondary N) is 5. The Morgan fingerprint density at radius 2 is 1.31 bits per heavy atom. The molecule has 1 fully saturated rings. The Bertz CT molecular complexity index is 3150. The molecule has 6 amide bonds. The standard InChI is InChI=1S/C31H34N4O5.C27H31N5O5/c1-2-10-25(20-24-16-17-32-28(24)36)33-29(37)27(19-22-11-5-3-6-12-22)35-18-9-15-26(30(35)38)34-31(39)40-21-23-13-7-4-8-14-23;1-4-8-20(11-12-23(28)33)29-26(35)22(16-19-9-6-5-7-10-19)32-14-13-17(2)24(27(32)36)30-25(34)21-15-18(3)37-31-21/h2-15,18,24-25,27H,16-17,19-21H2,1H3,(H,32,36)(H,33,37)(H,34,39);4-10,13-15,20,22H,11-12,16H2,1-3H3,(H2,28,33)(H,29,35)(H,30,34)/b10-2+;8-4+/t24-,25+,27-;20-,22+/m01/s1. The molecule has 7 N–H and O–H groups in total. The van der Waals surface area contributed by atoms with Crippen LogP contribution in [-0.2, 0) is 43.4 Å². The number of nitrogens with two attached hydrogens (primary N) is 1. The first kappa shape index (κ1) is 57.2. The number of aryl methyl sites for hydroxylation is 2. The number of amides is 6. The van der Waals surface area contributed by atoms with Crippen LogP contribution in [0.1, 0.15) is 90.1 Å². The summed E-state index contributed by atoms with van der Waals surface area (Å²) in [5.41, 5.74) is 7.35. The monoisotopic (exact) mass is 1050 g/mol. The Balaban J connectivity index is 0.000000250. The fourth-order valence-electron chi connectivity index (χ4n) is 8.62.